The zero-order valence-electron chi connectivity index (χ0n) is 5.03. The number of urea groups is 1. The molecule has 5 heteroatoms. The molecule has 0 aliphatic rings. The molecule has 5 nitrogen and oxygen atoms in total. The van der Waals surface area contributed by atoms with Gasteiger partial charge in [0.25, 0.3) is 0 Å². The zero-order chi connectivity index (χ0) is 7.40. The number of hydrogen-bond donors (Lipinski definition) is 1. The molecule has 51 valence electrons. The van der Waals surface area contributed by atoms with E-state index in [2.05, 4.69) is 15.3 Å². The Bertz CT molecular complexity index is 222. The molecular weight excluding hydrogens is 132 g/mol. The molecule has 0 saturated heterocycles. The Hall–Kier alpha value is -1.65. The molecule has 0 saturated carbocycles. The Kier molecular flexibility index (Phi) is 1.79. The second-order valence-corrected chi connectivity index (χ2v) is 1.53. The molecule has 1 aromatic heterocycles. The average molecular weight is 137 g/mol. The smallest absolute Gasteiger partial charge is 0.275 e. The van der Waals surface area contributed by atoms with Gasteiger partial charge in [-0.05, 0) is 6.07 Å². The van der Waals surface area contributed by atoms with E-state index in [1.807, 2.05) is 0 Å². The maximum atomic E-state index is 10.1. The number of hydrogen-bond acceptors (Lipinski definition) is 3. The Morgan fingerprint density at radius 1 is 1.50 bits per heavy atom. The minimum absolute atomic E-state index is 0.155. The van der Waals surface area contributed by atoms with Crippen molar-refractivity contribution >= 4 is 12.0 Å². The first-order chi connectivity index (χ1) is 4.79. The monoisotopic (exact) mass is 137 g/mol. The fourth-order valence-electron chi connectivity index (χ4n) is 0.465. The van der Waals surface area contributed by atoms with Crippen LogP contribution in [0.5, 0.6) is 0 Å². The van der Waals surface area contributed by atoms with Gasteiger partial charge in [0.2, 0.25) is 5.95 Å². The van der Waals surface area contributed by atoms with E-state index in [1.165, 1.54) is 12.4 Å². The predicted molar refractivity (Wildman–Crippen MR) is 34.1 cm³/mol. The molecule has 0 aliphatic carbocycles. The van der Waals surface area contributed by atoms with Crippen LogP contribution in [-0.2, 0) is 0 Å². The van der Waals surface area contributed by atoms with Crippen molar-refractivity contribution in [1.29, 1.82) is 0 Å². The van der Waals surface area contributed by atoms with Crippen molar-refractivity contribution in [2.45, 2.75) is 0 Å². The summed E-state index contributed by atoms with van der Waals surface area (Å²) in [5.41, 5.74) is 6.49. The standard InChI is InChI=1S/C5H5N4O/c6-4(10)9-5-7-2-1-3-8-5/h1-3,6H,(H,7,8,9,10). The van der Waals surface area contributed by atoms with Gasteiger partial charge in [-0.15, -0.1) is 0 Å². The van der Waals surface area contributed by atoms with Gasteiger partial charge in [0.15, 0.2) is 0 Å². The highest BCUT2D eigenvalue weighted by atomic mass is 16.2. The van der Waals surface area contributed by atoms with Gasteiger partial charge in [0.1, 0.15) is 0 Å². The summed E-state index contributed by atoms with van der Waals surface area (Å²) in [6, 6.07) is 0.714. The Morgan fingerprint density at radius 3 is 2.60 bits per heavy atom. The molecule has 1 aromatic rings. The summed E-state index contributed by atoms with van der Waals surface area (Å²) in [4.78, 5) is 17.4. The minimum Gasteiger partial charge on any atom is -0.275 e. The molecule has 0 unspecified atom stereocenters. The quantitative estimate of drug-likeness (QED) is 0.604. The molecule has 0 fully saturated rings. The summed E-state index contributed by atoms with van der Waals surface area (Å²) >= 11 is 0. The Labute approximate surface area is 57.3 Å². The maximum absolute atomic E-state index is 10.1. The number of aromatic nitrogens is 2. The summed E-state index contributed by atoms with van der Waals surface area (Å²) in [6.07, 6.45) is 2.97. The normalized spacial score (nSPS) is 8.80. The largest absolute Gasteiger partial charge is 0.340 e. The molecule has 1 radical (unpaired) electrons. The lowest BCUT2D eigenvalue weighted by Gasteiger charge is -1.94. The predicted octanol–water partition coefficient (Wildman–Crippen LogP) is 0.291. The van der Waals surface area contributed by atoms with Crippen LogP contribution in [0.3, 0.4) is 0 Å². The molecule has 0 bridgehead atoms. The SMILES string of the molecule is [NH]C(=O)Nc1ncccn1. The lowest BCUT2D eigenvalue weighted by Crippen LogP contribution is -2.11. The summed E-state index contributed by atoms with van der Waals surface area (Å²) in [7, 11) is 0. The molecule has 1 heterocycles. The van der Waals surface area contributed by atoms with Gasteiger partial charge in [0, 0.05) is 12.4 Å². The third-order valence-corrected chi connectivity index (χ3v) is 0.791. The van der Waals surface area contributed by atoms with Gasteiger partial charge < -0.3 is 0 Å². The first-order valence-corrected chi connectivity index (χ1v) is 2.58. The van der Waals surface area contributed by atoms with E-state index in [-0.39, 0.29) is 5.95 Å². The summed E-state index contributed by atoms with van der Waals surface area (Å²) in [6.45, 7) is 0. The van der Waals surface area contributed by atoms with Crippen molar-refractivity contribution in [3.05, 3.63) is 18.5 Å². The molecule has 2 amide bonds. The molecule has 0 aromatic carbocycles. The number of carbonyl (C=O) groups excluding carboxylic acids is 1. The molecule has 2 N–H and O–H groups in total. The van der Waals surface area contributed by atoms with Crippen LogP contribution >= 0.6 is 0 Å². The lowest BCUT2D eigenvalue weighted by molar-refractivity contribution is 0.258. The molecule has 1 rings (SSSR count). The van der Waals surface area contributed by atoms with Crippen LogP contribution in [0, 0.1) is 0 Å². The minimum atomic E-state index is -0.911. The van der Waals surface area contributed by atoms with Crippen molar-refractivity contribution in [3.63, 3.8) is 0 Å². The number of anilines is 1. The van der Waals surface area contributed by atoms with Gasteiger partial charge in [-0.1, -0.05) is 0 Å². The summed E-state index contributed by atoms with van der Waals surface area (Å²) in [5, 5.41) is 2.11. The van der Waals surface area contributed by atoms with E-state index in [1.54, 1.807) is 6.07 Å². The second kappa shape index (κ2) is 2.77. The van der Waals surface area contributed by atoms with Crippen LogP contribution in [0.4, 0.5) is 10.7 Å². The number of nitrogens with one attached hydrogen (secondary N) is 2. The van der Waals surface area contributed by atoms with Crippen LogP contribution in [0.15, 0.2) is 18.5 Å². The van der Waals surface area contributed by atoms with Crippen molar-refractivity contribution in [1.82, 2.24) is 15.7 Å². The highest BCUT2D eigenvalue weighted by Gasteiger charge is 1.95. The third kappa shape index (κ3) is 1.70. The Balaban J connectivity index is 2.67. The van der Waals surface area contributed by atoms with Gasteiger partial charge in [-0.2, -0.15) is 0 Å². The number of nitrogens with zero attached hydrogens (tertiary/aromatic N) is 2. The fraction of sp³-hybridized carbons (Fsp3) is 0. The summed E-state index contributed by atoms with van der Waals surface area (Å²) in [5.74, 6) is 0.155. The molecule has 0 aliphatic heterocycles. The van der Waals surface area contributed by atoms with Gasteiger partial charge in [0.05, 0.1) is 0 Å². The Morgan fingerprint density at radius 2 is 2.10 bits per heavy atom. The van der Waals surface area contributed by atoms with Gasteiger partial charge >= 0.3 is 6.03 Å². The first kappa shape index (κ1) is 6.47. The molecule has 10 heavy (non-hydrogen) atoms. The highest BCUT2D eigenvalue weighted by molar-refractivity contribution is 5.84. The third-order valence-electron chi connectivity index (χ3n) is 0.791. The van der Waals surface area contributed by atoms with Crippen molar-refractivity contribution < 1.29 is 4.79 Å². The van der Waals surface area contributed by atoms with Crippen LogP contribution in [0.2, 0.25) is 0 Å². The molecular formula is C5H5N4O. The number of carbonyl (C=O) groups is 1. The fourth-order valence-corrected chi connectivity index (χ4v) is 0.465. The van der Waals surface area contributed by atoms with Gasteiger partial charge in [-0.25, -0.2) is 20.5 Å². The van der Waals surface area contributed by atoms with E-state index < -0.39 is 6.03 Å². The topological polar surface area (TPSA) is 78.7 Å². The average Bonchev–Trinajstić information content (AvgIpc) is 1.88. The van der Waals surface area contributed by atoms with E-state index in [4.69, 9.17) is 5.73 Å². The number of rotatable bonds is 1. The first-order valence-electron chi connectivity index (χ1n) is 2.58. The maximum Gasteiger partial charge on any atom is 0.340 e. The highest BCUT2D eigenvalue weighted by Crippen LogP contribution is 1.91. The van der Waals surface area contributed by atoms with E-state index in [0.29, 0.717) is 0 Å². The number of amides is 2. The van der Waals surface area contributed by atoms with Crippen LogP contribution in [0.1, 0.15) is 0 Å². The van der Waals surface area contributed by atoms with Crippen LogP contribution in [-0.4, -0.2) is 16.0 Å². The van der Waals surface area contributed by atoms with Crippen molar-refractivity contribution in [3.8, 4) is 0 Å². The van der Waals surface area contributed by atoms with E-state index in [9.17, 15) is 4.79 Å². The van der Waals surface area contributed by atoms with E-state index in [0.717, 1.165) is 0 Å². The van der Waals surface area contributed by atoms with E-state index >= 15 is 0 Å². The molecule has 0 atom stereocenters. The van der Waals surface area contributed by atoms with Crippen molar-refractivity contribution in [2.75, 3.05) is 5.32 Å². The summed E-state index contributed by atoms with van der Waals surface area (Å²) < 4.78 is 0. The van der Waals surface area contributed by atoms with Crippen LogP contribution < -0.4 is 11.1 Å². The van der Waals surface area contributed by atoms with Gasteiger partial charge in [-0.3, -0.25) is 5.32 Å². The second-order valence-electron chi connectivity index (χ2n) is 1.53. The molecule has 0 spiro atoms. The van der Waals surface area contributed by atoms with Crippen LogP contribution in [0.25, 0.3) is 0 Å². The van der Waals surface area contributed by atoms with Crippen molar-refractivity contribution in [2.24, 2.45) is 0 Å². The lowest BCUT2D eigenvalue weighted by atomic mass is 10.7. The zero-order valence-corrected chi connectivity index (χ0v) is 5.03.